The molecule has 0 radical (unpaired) electrons. The summed E-state index contributed by atoms with van der Waals surface area (Å²) in [6.45, 7) is 0.241. The smallest absolute Gasteiger partial charge is 0.231 e. The van der Waals surface area contributed by atoms with Gasteiger partial charge in [-0.05, 0) is 18.2 Å². The molecular formula is C13H9N3O3. The second-order valence-corrected chi connectivity index (χ2v) is 4.18. The van der Waals surface area contributed by atoms with E-state index in [1.54, 1.807) is 12.3 Å². The molecule has 19 heavy (non-hydrogen) atoms. The summed E-state index contributed by atoms with van der Waals surface area (Å²) in [6.07, 6.45) is 1.55. The molecule has 2 aromatic heterocycles. The lowest BCUT2D eigenvalue weighted by molar-refractivity contribution is 0.174. The zero-order valence-electron chi connectivity index (χ0n) is 9.79. The summed E-state index contributed by atoms with van der Waals surface area (Å²) in [5.41, 5.74) is 8.10. The van der Waals surface area contributed by atoms with Gasteiger partial charge in [-0.1, -0.05) is 0 Å². The van der Waals surface area contributed by atoms with Crippen LogP contribution < -0.4 is 15.2 Å². The number of nitrogens with two attached hydrogens (primary N) is 1. The van der Waals surface area contributed by atoms with Crippen molar-refractivity contribution in [1.29, 1.82) is 0 Å². The van der Waals surface area contributed by atoms with E-state index in [0.717, 1.165) is 11.3 Å². The van der Waals surface area contributed by atoms with Crippen molar-refractivity contribution in [3.63, 3.8) is 0 Å². The number of hydrogen-bond donors (Lipinski definition) is 1. The number of anilines is 1. The van der Waals surface area contributed by atoms with E-state index in [1.165, 1.54) is 0 Å². The molecule has 6 nitrogen and oxygen atoms in total. The van der Waals surface area contributed by atoms with Gasteiger partial charge in [-0.2, -0.15) is 4.98 Å². The Labute approximate surface area is 107 Å². The Morgan fingerprint density at radius 3 is 2.95 bits per heavy atom. The van der Waals surface area contributed by atoms with Gasteiger partial charge in [0.15, 0.2) is 22.7 Å². The molecule has 0 saturated heterocycles. The molecule has 0 spiro atoms. The van der Waals surface area contributed by atoms with Crippen LogP contribution in [0.4, 0.5) is 5.69 Å². The van der Waals surface area contributed by atoms with E-state index in [4.69, 9.17) is 19.6 Å². The van der Waals surface area contributed by atoms with Gasteiger partial charge in [0.25, 0.3) is 0 Å². The van der Waals surface area contributed by atoms with E-state index in [-0.39, 0.29) is 6.79 Å². The monoisotopic (exact) mass is 255 g/mol. The molecule has 0 bridgehead atoms. The maximum absolute atomic E-state index is 5.66. The fraction of sp³-hybridized carbons (Fsp3) is 0.0769. The number of nitrogen functional groups attached to an aromatic ring is 1. The van der Waals surface area contributed by atoms with E-state index in [2.05, 4.69) is 9.97 Å². The summed E-state index contributed by atoms with van der Waals surface area (Å²) in [5.74, 6) is 1.89. The van der Waals surface area contributed by atoms with Crippen molar-refractivity contribution < 1.29 is 13.9 Å². The van der Waals surface area contributed by atoms with Crippen LogP contribution in [0.15, 0.2) is 34.9 Å². The highest BCUT2D eigenvalue weighted by Gasteiger charge is 2.16. The van der Waals surface area contributed by atoms with Crippen molar-refractivity contribution in [1.82, 2.24) is 9.97 Å². The molecule has 3 heterocycles. The van der Waals surface area contributed by atoms with Crippen molar-refractivity contribution >= 4 is 16.9 Å². The number of hydrogen-bond acceptors (Lipinski definition) is 6. The van der Waals surface area contributed by atoms with Crippen molar-refractivity contribution in [3.8, 4) is 23.0 Å². The first-order valence-electron chi connectivity index (χ1n) is 5.72. The zero-order chi connectivity index (χ0) is 12.8. The van der Waals surface area contributed by atoms with Gasteiger partial charge in [0.2, 0.25) is 12.7 Å². The highest BCUT2D eigenvalue weighted by Crippen LogP contribution is 2.36. The predicted octanol–water partition coefficient (Wildman–Crippen LogP) is 2.20. The standard InChI is InChI=1S/C13H9N3O3/c14-8-4-11-12(15-5-8)16-13(19-11)7-1-2-9-10(3-7)18-6-17-9/h1-5H,6,14H2. The minimum Gasteiger partial charge on any atom is -0.454 e. The first kappa shape index (κ1) is 10.2. The van der Waals surface area contributed by atoms with Crippen LogP contribution in [-0.2, 0) is 0 Å². The maximum Gasteiger partial charge on any atom is 0.231 e. The minimum atomic E-state index is 0.241. The summed E-state index contributed by atoms with van der Waals surface area (Å²) >= 11 is 0. The largest absolute Gasteiger partial charge is 0.454 e. The third-order valence-corrected chi connectivity index (χ3v) is 2.89. The number of rotatable bonds is 1. The molecule has 4 rings (SSSR count). The van der Waals surface area contributed by atoms with E-state index in [9.17, 15) is 0 Å². The third kappa shape index (κ3) is 1.57. The molecule has 94 valence electrons. The number of pyridine rings is 1. The van der Waals surface area contributed by atoms with Crippen molar-refractivity contribution in [3.05, 3.63) is 30.5 Å². The molecule has 0 aliphatic carbocycles. The molecule has 6 heteroatoms. The SMILES string of the molecule is Nc1cnc2nc(-c3ccc4c(c3)OCO4)oc2c1. The lowest BCUT2D eigenvalue weighted by Gasteiger charge is -1.97. The van der Waals surface area contributed by atoms with Crippen LogP contribution in [0.2, 0.25) is 0 Å². The number of nitrogens with zero attached hydrogens (tertiary/aromatic N) is 2. The van der Waals surface area contributed by atoms with Crippen molar-refractivity contribution in [2.75, 3.05) is 12.5 Å². The summed E-state index contributed by atoms with van der Waals surface area (Å²) < 4.78 is 16.2. The Kier molecular flexibility index (Phi) is 1.94. The van der Waals surface area contributed by atoms with Crippen molar-refractivity contribution in [2.24, 2.45) is 0 Å². The molecule has 0 saturated carbocycles. The third-order valence-electron chi connectivity index (χ3n) is 2.89. The van der Waals surface area contributed by atoms with Gasteiger partial charge in [-0.15, -0.1) is 0 Å². The second-order valence-electron chi connectivity index (χ2n) is 4.18. The maximum atomic E-state index is 5.66. The van der Waals surface area contributed by atoms with Gasteiger partial charge in [0.1, 0.15) is 0 Å². The molecule has 0 amide bonds. The van der Waals surface area contributed by atoms with Gasteiger partial charge >= 0.3 is 0 Å². The van der Waals surface area contributed by atoms with Gasteiger partial charge < -0.3 is 19.6 Å². The first-order chi connectivity index (χ1) is 9.29. The Balaban J connectivity index is 1.85. The zero-order valence-corrected chi connectivity index (χ0v) is 9.79. The average Bonchev–Trinajstić information content (AvgIpc) is 3.02. The number of ether oxygens (including phenoxy) is 2. The summed E-state index contributed by atoms with van der Waals surface area (Å²) in [5, 5.41) is 0. The van der Waals surface area contributed by atoms with Crippen molar-refractivity contribution in [2.45, 2.75) is 0 Å². The second kappa shape index (κ2) is 3.61. The quantitative estimate of drug-likeness (QED) is 0.717. The first-order valence-corrected chi connectivity index (χ1v) is 5.72. The fourth-order valence-electron chi connectivity index (χ4n) is 1.99. The molecule has 2 N–H and O–H groups in total. The van der Waals surface area contributed by atoms with Gasteiger partial charge in [-0.25, -0.2) is 4.98 Å². The number of oxazole rings is 1. The van der Waals surface area contributed by atoms with Crippen LogP contribution in [-0.4, -0.2) is 16.8 Å². The van der Waals surface area contributed by atoms with Crippen LogP contribution in [0.1, 0.15) is 0 Å². The Morgan fingerprint density at radius 1 is 1.11 bits per heavy atom. The van der Waals surface area contributed by atoms with E-state index >= 15 is 0 Å². The van der Waals surface area contributed by atoms with Gasteiger partial charge in [0, 0.05) is 11.6 Å². The highest BCUT2D eigenvalue weighted by molar-refractivity contribution is 5.75. The molecule has 0 unspecified atom stereocenters. The van der Waals surface area contributed by atoms with E-state index in [1.807, 2.05) is 18.2 Å². The van der Waals surface area contributed by atoms with Crippen LogP contribution in [0, 0.1) is 0 Å². The van der Waals surface area contributed by atoms with Gasteiger partial charge in [0.05, 0.1) is 11.9 Å². The van der Waals surface area contributed by atoms with Crippen LogP contribution in [0.3, 0.4) is 0 Å². The van der Waals surface area contributed by atoms with E-state index in [0.29, 0.717) is 28.6 Å². The minimum absolute atomic E-state index is 0.241. The van der Waals surface area contributed by atoms with Crippen LogP contribution >= 0.6 is 0 Å². The molecule has 3 aromatic rings. The fourth-order valence-corrected chi connectivity index (χ4v) is 1.99. The predicted molar refractivity (Wildman–Crippen MR) is 67.8 cm³/mol. The Hall–Kier alpha value is -2.76. The molecule has 1 aromatic carbocycles. The molecule has 0 atom stereocenters. The summed E-state index contributed by atoms with van der Waals surface area (Å²) in [4.78, 5) is 8.43. The number of aromatic nitrogens is 2. The molecule has 1 aliphatic rings. The summed E-state index contributed by atoms with van der Waals surface area (Å²) in [6, 6.07) is 7.22. The molecular weight excluding hydrogens is 246 g/mol. The number of fused-ring (bicyclic) bond motifs is 2. The van der Waals surface area contributed by atoms with Gasteiger partial charge in [-0.3, -0.25) is 0 Å². The topological polar surface area (TPSA) is 83.4 Å². The lowest BCUT2D eigenvalue weighted by Crippen LogP contribution is -1.92. The average molecular weight is 255 g/mol. The molecule has 1 aliphatic heterocycles. The highest BCUT2D eigenvalue weighted by atomic mass is 16.7. The normalized spacial score (nSPS) is 13.1. The lowest BCUT2D eigenvalue weighted by atomic mass is 10.2. The van der Waals surface area contributed by atoms with E-state index < -0.39 is 0 Å². The summed E-state index contributed by atoms with van der Waals surface area (Å²) in [7, 11) is 0. The number of benzene rings is 1. The molecule has 0 fully saturated rings. The van der Waals surface area contributed by atoms with Crippen LogP contribution in [0.5, 0.6) is 11.5 Å². The Morgan fingerprint density at radius 2 is 2.00 bits per heavy atom. The van der Waals surface area contributed by atoms with Crippen LogP contribution in [0.25, 0.3) is 22.7 Å². The Bertz CT molecular complexity index is 782.